The highest BCUT2D eigenvalue weighted by Crippen LogP contribution is 2.29. The Labute approximate surface area is 120 Å². The highest BCUT2D eigenvalue weighted by molar-refractivity contribution is 9.10. The molecular weight excluding hydrogens is 317 g/mol. The molecule has 1 heterocycles. The highest BCUT2D eigenvalue weighted by Gasteiger charge is 2.28. The topological polar surface area (TPSA) is 47.4 Å². The first kappa shape index (κ1) is 15.9. The molecule has 0 fully saturated rings. The van der Waals surface area contributed by atoms with Crippen molar-refractivity contribution in [3.05, 3.63) is 16.1 Å². The molecule has 0 radical (unpaired) electrons. The summed E-state index contributed by atoms with van der Waals surface area (Å²) in [6, 6.07) is -0.488. The Balaban J connectivity index is 2.94. The third-order valence-electron chi connectivity index (χ3n) is 2.65. The molecule has 7 heteroatoms. The van der Waals surface area contributed by atoms with Gasteiger partial charge in [0.05, 0.1) is 11.6 Å². The average molecular weight is 336 g/mol. The summed E-state index contributed by atoms with van der Waals surface area (Å²) in [5, 5.41) is 3.93. The van der Waals surface area contributed by atoms with Crippen molar-refractivity contribution in [1.29, 1.82) is 0 Å². The van der Waals surface area contributed by atoms with Crippen LogP contribution < -0.4 is 0 Å². The van der Waals surface area contributed by atoms with Gasteiger partial charge in [0, 0.05) is 14.1 Å². The number of hydrogen-bond donors (Lipinski definition) is 0. The van der Waals surface area contributed by atoms with Crippen LogP contribution >= 0.6 is 15.9 Å². The summed E-state index contributed by atoms with van der Waals surface area (Å²) in [6.45, 7) is 7.06. The minimum Gasteiger partial charge on any atom is -0.444 e. The van der Waals surface area contributed by atoms with E-state index in [1.54, 1.807) is 34.7 Å². The molecule has 1 aromatic heterocycles. The van der Waals surface area contributed by atoms with Crippen LogP contribution in [-0.4, -0.2) is 33.4 Å². The molecule has 0 aromatic carbocycles. The molecule has 19 heavy (non-hydrogen) atoms. The molecule has 5 nitrogen and oxygen atoms in total. The van der Waals surface area contributed by atoms with Gasteiger partial charge in [0.25, 0.3) is 0 Å². The zero-order valence-electron chi connectivity index (χ0n) is 12.0. The first-order chi connectivity index (χ1) is 8.54. The Morgan fingerprint density at radius 1 is 1.53 bits per heavy atom. The number of hydrogen-bond acceptors (Lipinski definition) is 3. The maximum Gasteiger partial charge on any atom is 0.410 e. The van der Waals surface area contributed by atoms with Crippen LogP contribution in [-0.2, 0) is 11.8 Å². The second kappa shape index (κ2) is 5.48. The number of amides is 1. The Morgan fingerprint density at radius 2 is 2.05 bits per heavy atom. The van der Waals surface area contributed by atoms with E-state index in [0.29, 0.717) is 10.2 Å². The number of carbonyl (C=O) groups is 1. The lowest BCUT2D eigenvalue weighted by molar-refractivity contribution is 0.0231. The van der Waals surface area contributed by atoms with E-state index in [1.807, 2.05) is 0 Å². The summed E-state index contributed by atoms with van der Waals surface area (Å²) in [4.78, 5) is 13.3. The molecule has 0 aliphatic heterocycles. The fraction of sp³-hybridized carbons (Fsp3) is 0.667. The van der Waals surface area contributed by atoms with Crippen LogP contribution in [0.15, 0.2) is 4.60 Å². The number of carbonyl (C=O) groups excluding carboxylic acids is 1. The first-order valence-corrected chi connectivity index (χ1v) is 6.67. The van der Waals surface area contributed by atoms with Crippen LogP contribution in [0, 0.1) is 5.95 Å². The van der Waals surface area contributed by atoms with Crippen molar-refractivity contribution in [3.8, 4) is 0 Å². The molecule has 0 aliphatic rings. The Morgan fingerprint density at radius 3 is 2.42 bits per heavy atom. The summed E-state index contributed by atoms with van der Waals surface area (Å²) in [5.74, 6) is -0.477. The van der Waals surface area contributed by atoms with Crippen molar-refractivity contribution in [2.75, 3.05) is 7.05 Å². The summed E-state index contributed by atoms with van der Waals surface area (Å²) in [6.07, 6.45) is -0.504. The average Bonchev–Trinajstić information content (AvgIpc) is 2.49. The van der Waals surface area contributed by atoms with Gasteiger partial charge in [-0.2, -0.15) is 9.49 Å². The normalized spacial score (nSPS) is 13.3. The minimum atomic E-state index is -0.588. The van der Waals surface area contributed by atoms with Crippen molar-refractivity contribution in [3.63, 3.8) is 0 Å². The van der Waals surface area contributed by atoms with E-state index < -0.39 is 23.7 Å². The molecular formula is C12H19BrFN3O2. The van der Waals surface area contributed by atoms with Crippen molar-refractivity contribution < 1.29 is 13.9 Å². The van der Waals surface area contributed by atoms with Crippen molar-refractivity contribution in [2.24, 2.45) is 7.05 Å². The summed E-state index contributed by atoms with van der Waals surface area (Å²) < 4.78 is 20.7. The lowest BCUT2D eigenvalue weighted by atomic mass is 10.1. The maximum atomic E-state index is 13.9. The van der Waals surface area contributed by atoms with Crippen LogP contribution in [0.25, 0.3) is 0 Å². The van der Waals surface area contributed by atoms with Gasteiger partial charge in [0.2, 0.25) is 5.95 Å². The van der Waals surface area contributed by atoms with Crippen molar-refractivity contribution in [1.82, 2.24) is 14.7 Å². The van der Waals surface area contributed by atoms with Gasteiger partial charge in [-0.25, -0.2) is 9.48 Å². The summed E-state index contributed by atoms with van der Waals surface area (Å²) >= 11 is 3.20. The van der Waals surface area contributed by atoms with E-state index in [0.717, 1.165) is 4.68 Å². The maximum absolute atomic E-state index is 13.9. The fourth-order valence-corrected chi connectivity index (χ4v) is 2.25. The van der Waals surface area contributed by atoms with Gasteiger partial charge >= 0.3 is 6.09 Å². The molecule has 1 amide bonds. The van der Waals surface area contributed by atoms with E-state index in [-0.39, 0.29) is 0 Å². The predicted molar refractivity (Wildman–Crippen MR) is 73.3 cm³/mol. The number of aryl methyl sites for hydroxylation is 1. The molecule has 0 spiro atoms. The standard InChI is InChI=1S/C12H19BrFN3O2/c1-7(8-9(13)15-17(6)10(8)14)16(5)11(18)19-12(2,3)4/h7H,1-6H3. The van der Waals surface area contributed by atoms with Crippen molar-refractivity contribution >= 4 is 22.0 Å². The molecule has 1 rings (SSSR count). The molecule has 1 atom stereocenters. The fourth-order valence-electron chi connectivity index (χ4n) is 1.52. The molecule has 1 unspecified atom stereocenters. The summed E-state index contributed by atoms with van der Waals surface area (Å²) in [7, 11) is 3.07. The second-order valence-corrected chi connectivity index (χ2v) is 6.14. The third-order valence-corrected chi connectivity index (χ3v) is 3.23. The van der Waals surface area contributed by atoms with Gasteiger partial charge in [0.15, 0.2) is 0 Å². The SMILES string of the molecule is CC(c1c(Br)nn(C)c1F)N(C)C(=O)OC(C)(C)C. The van der Waals surface area contributed by atoms with E-state index >= 15 is 0 Å². The molecule has 108 valence electrons. The first-order valence-electron chi connectivity index (χ1n) is 5.88. The van der Waals surface area contributed by atoms with E-state index in [9.17, 15) is 9.18 Å². The van der Waals surface area contributed by atoms with Crippen LogP contribution in [0.3, 0.4) is 0 Å². The lowest BCUT2D eigenvalue weighted by Crippen LogP contribution is -2.36. The number of aromatic nitrogens is 2. The van der Waals surface area contributed by atoms with Crippen LogP contribution in [0.2, 0.25) is 0 Å². The quantitative estimate of drug-likeness (QED) is 0.833. The van der Waals surface area contributed by atoms with E-state index in [2.05, 4.69) is 21.0 Å². The van der Waals surface area contributed by atoms with Gasteiger partial charge < -0.3 is 9.64 Å². The van der Waals surface area contributed by atoms with Crippen LogP contribution in [0.1, 0.15) is 39.3 Å². The van der Waals surface area contributed by atoms with Gasteiger partial charge in [-0.3, -0.25) is 0 Å². The predicted octanol–water partition coefficient (Wildman–Crippen LogP) is 3.25. The van der Waals surface area contributed by atoms with Gasteiger partial charge in [-0.15, -0.1) is 0 Å². The molecule has 0 saturated carbocycles. The number of ether oxygens (including phenoxy) is 1. The highest BCUT2D eigenvalue weighted by atomic mass is 79.9. The summed E-state index contributed by atoms with van der Waals surface area (Å²) in [5.41, 5.74) is -0.258. The van der Waals surface area contributed by atoms with Crippen LogP contribution in [0.4, 0.5) is 9.18 Å². The zero-order valence-corrected chi connectivity index (χ0v) is 13.6. The number of nitrogens with zero attached hydrogens (tertiary/aromatic N) is 3. The minimum absolute atomic E-state index is 0.329. The van der Waals surface area contributed by atoms with Gasteiger partial charge in [-0.05, 0) is 43.6 Å². The van der Waals surface area contributed by atoms with E-state index in [4.69, 9.17) is 4.74 Å². The molecule has 0 N–H and O–H groups in total. The van der Waals surface area contributed by atoms with Crippen molar-refractivity contribution in [2.45, 2.75) is 39.3 Å². The molecule has 0 bridgehead atoms. The Hall–Kier alpha value is -1.11. The Bertz CT molecular complexity index is 482. The number of rotatable bonds is 2. The van der Waals surface area contributed by atoms with Crippen LogP contribution in [0.5, 0.6) is 0 Å². The molecule has 0 aliphatic carbocycles. The number of halogens is 2. The zero-order chi connectivity index (χ0) is 15.0. The van der Waals surface area contributed by atoms with E-state index in [1.165, 1.54) is 11.9 Å². The molecule has 1 aromatic rings. The third kappa shape index (κ3) is 3.68. The van der Waals surface area contributed by atoms with Gasteiger partial charge in [0.1, 0.15) is 10.2 Å². The molecule has 0 saturated heterocycles. The lowest BCUT2D eigenvalue weighted by Gasteiger charge is -2.28. The Kier molecular flexibility index (Phi) is 4.60. The monoisotopic (exact) mass is 335 g/mol. The smallest absolute Gasteiger partial charge is 0.410 e. The largest absolute Gasteiger partial charge is 0.444 e. The second-order valence-electron chi connectivity index (χ2n) is 5.39. The van der Waals surface area contributed by atoms with Gasteiger partial charge in [-0.1, -0.05) is 0 Å².